The molecule has 0 aliphatic carbocycles. The van der Waals surface area contributed by atoms with E-state index in [0.29, 0.717) is 35.7 Å². The number of fused-ring (bicyclic) bond motifs is 2. The molecule has 222 valence electrons. The van der Waals surface area contributed by atoms with E-state index in [-0.39, 0.29) is 57.9 Å². The highest BCUT2D eigenvalue weighted by atomic mass is 35.5. The third-order valence-corrected chi connectivity index (χ3v) is 8.34. The molecule has 1 N–H and O–H groups in total. The van der Waals surface area contributed by atoms with Crippen LogP contribution in [-0.4, -0.2) is 67.2 Å². The molecule has 10 nitrogen and oxygen atoms in total. The third kappa shape index (κ3) is 4.50. The minimum absolute atomic E-state index is 0.0420. The minimum atomic E-state index is -0.747. The lowest BCUT2D eigenvalue weighted by atomic mass is 10.0. The van der Waals surface area contributed by atoms with E-state index in [0.717, 1.165) is 5.56 Å². The van der Waals surface area contributed by atoms with Crippen molar-refractivity contribution >= 4 is 34.4 Å². The number of rotatable bonds is 4. The van der Waals surface area contributed by atoms with Gasteiger partial charge < -0.3 is 19.6 Å². The number of aromatic nitrogens is 4. The van der Waals surface area contributed by atoms with Gasteiger partial charge in [0.1, 0.15) is 40.1 Å². The molecule has 5 heterocycles. The number of ether oxygens (including phenoxy) is 1. The Hall–Kier alpha value is -4.51. The van der Waals surface area contributed by atoms with Crippen molar-refractivity contribution in [3.05, 3.63) is 75.7 Å². The molecular formula is C31H30ClFN6O4. The molecule has 2 aliphatic heterocycles. The zero-order chi connectivity index (χ0) is 30.7. The van der Waals surface area contributed by atoms with Gasteiger partial charge in [0.15, 0.2) is 11.4 Å². The van der Waals surface area contributed by atoms with Crippen LogP contribution in [0.25, 0.3) is 28.0 Å². The monoisotopic (exact) mass is 604 g/mol. The van der Waals surface area contributed by atoms with Gasteiger partial charge in [0, 0.05) is 25.3 Å². The first-order valence-corrected chi connectivity index (χ1v) is 14.3. The quantitative estimate of drug-likeness (QED) is 0.332. The number of benzene rings is 1. The van der Waals surface area contributed by atoms with Crippen molar-refractivity contribution in [2.75, 3.05) is 24.6 Å². The Labute approximate surface area is 252 Å². The van der Waals surface area contributed by atoms with Crippen molar-refractivity contribution in [3.8, 4) is 28.4 Å². The summed E-state index contributed by atoms with van der Waals surface area (Å²) < 4.78 is 23.0. The summed E-state index contributed by atoms with van der Waals surface area (Å²) in [6.07, 6.45) is 2.94. The number of pyridine rings is 2. The van der Waals surface area contributed by atoms with Crippen molar-refractivity contribution in [2.24, 2.45) is 0 Å². The molecule has 0 saturated carbocycles. The van der Waals surface area contributed by atoms with Gasteiger partial charge in [-0.2, -0.15) is 4.98 Å². The van der Waals surface area contributed by atoms with Crippen molar-refractivity contribution in [1.82, 2.24) is 24.4 Å². The molecule has 43 heavy (non-hydrogen) atoms. The summed E-state index contributed by atoms with van der Waals surface area (Å²) in [6, 6.07) is 5.03. The Kier molecular flexibility index (Phi) is 7.08. The number of amides is 1. The number of carbonyl (C=O) groups excluding carboxylic acids is 1. The summed E-state index contributed by atoms with van der Waals surface area (Å²) in [5.41, 5.74) is 1.09. The molecule has 0 unspecified atom stereocenters. The minimum Gasteiger partial charge on any atom is -0.507 e. The van der Waals surface area contributed by atoms with Crippen molar-refractivity contribution in [3.63, 3.8) is 0 Å². The van der Waals surface area contributed by atoms with Crippen LogP contribution in [0.15, 0.2) is 47.9 Å². The first-order valence-electron chi connectivity index (χ1n) is 14.0. The highest BCUT2D eigenvalue weighted by Crippen LogP contribution is 2.47. The van der Waals surface area contributed by atoms with Crippen LogP contribution in [0.4, 0.5) is 10.2 Å². The molecule has 12 heteroatoms. The van der Waals surface area contributed by atoms with E-state index < -0.39 is 17.5 Å². The van der Waals surface area contributed by atoms with Crippen LogP contribution in [0, 0.1) is 12.7 Å². The normalized spacial score (nSPS) is 17.9. The predicted octanol–water partition coefficient (Wildman–Crippen LogP) is 4.76. The van der Waals surface area contributed by atoms with Crippen LogP contribution in [0.5, 0.6) is 11.5 Å². The van der Waals surface area contributed by atoms with E-state index in [4.69, 9.17) is 21.3 Å². The van der Waals surface area contributed by atoms with Gasteiger partial charge in [0.25, 0.3) is 0 Å². The first kappa shape index (κ1) is 28.6. The SMILES string of the molecule is C=CC(=O)N1C[C@@H]2COc3c(Cl)c(-c4c(O)cccc4F)nc4c3c(nc(=O)n4-c3c(C)ccnc3C(C)C)N2[C@@H](C)C1. The van der Waals surface area contributed by atoms with E-state index in [1.165, 1.54) is 28.8 Å². The van der Waals surface area contributed by atoms with Crippen LogP contribution in [0.3, 0.4) is 0 Å². The maximum Gasteiger partial charge on any atom is 0.355 e. The van der Waals surface area contributed by atoms with E-state index in [1.54, 1.807) is 17.2 Å². The Bertz CT molecular complexity index is 1860. The van der Waals surface area contributed by atoms with Crippen LogP contribution >= 0.6 is 11.6 Å². The molecule has 1 fully saturated rings. The number of hydrogen-bond donors (Lipinski definition) is 1. The Balaban J connectivity index is 1.73. The summed E-state index contributed by atoms with van der Waals surface area (Å²) in [5.74, 6) is -0.947. The lowest BCUT2D eigenvalue weighted by molar-refractivity contribution is -0.127. The molecule has 3 aromatic heterocycles. The average molecular weight is 605 g/mol. The second kappa shape index (κ2) is 10.6. The largest absolute Gasteiger partial charge is 0.507 e. The molecule has 4 aromatic rings. The van der Waals surface area contributed by atoms with Crippen LogP contribution < -0.4 is 15.3 Å². The molecule has 2 aliphatic rings. The number of nitrogens with zero attached hydrogens (tertiary/aromatic N) is 6. The summed E-state index contributed by atoms with van der Waals surface area (Å²) in [5, 5.41) is 11.0. The topological polar surface area (TPSA) is 114 Å². The molecule has 0 spiro atoms. The number of carbonyl (C=O) groups is 1. The first-order chi connectivity index (χ1) is 20.5. The Morgan fingerprint density at radius 3 is 2.72 bits per heavy atom. The van der Waals surface area contributed by atoms with Crippen LogP contribution in [-0.2, 0) is 4.79 Å². The molecule has 0 bridgehead atoms. The number of phenols is 1. The predicted molar refractivity (Wildman–Crippen MR) is 162 cm³/mol. The van der Waals surface area contributed by atoms with Gasteiger partial charge in [-0.15, -0.1) is 0 Å². The molecular weight excluding hydrogens is 575 g/mol. The zero-order valence-electron chi connectivity index (χ0n) is 24.1. The van der Waals surface area contributed by atoms with E-state index in [1.807, 2.05) is 32.6 Å². The maximum absolute atomic E-state index is 15.3. The number of anilines is 1. The summed E-state index contributed by atoms with van der Waals surface area (Å²) in [7, 11) is 0. The van der Waals surface area contributed by atoms with Crippen molar-refractivity contribution < 1.29 is 19.0 Å². The average Bonchev–Trinajstić information content (AvgIpc) is 3.13. The van der Waals surface area contributed by atoms with Crippen LogP contribution in [0.2, 0.25) is 5.02 Å². The lowest BCUT2D eigenvalue weighted by Gasteiger charge is -2.45. The number of halogens is 2. The fourth-order valence-corrected chi connectivity index (χ4v) is 6.37. The number of hydrogen-bond acceptors (Lipinski definition) is 8. The number of piperazine rings is 1. The van der Waals surface area contributed by atoms with Gasteiger partial charge in [0.2, 0.25) is 5.91 Å². The molecule has 6 rings (SSSR count). The Morgan fingerprint density at radius 1 is 1.26 bits per heavy atom. The van der Waals surface area contributed by atoms with Gasteiger partial charge in [-0.05, 0) is 49.6 Å². The molecule has 1 amide bonds. The molecule has 0 radical (unpaired) electrons. The van der Waals surface area contributed by atoms with Gasteiger partial charge in [-0.1, -0.05) is 38.1 Å². The van der Waals surface area contributed by atoms with Crippen molar-refractivity contribution in [2.45, 2.75) is 45.7 Å². The third-order valence-electron chi connectivity index (χ3n) is 7.99. The zero-order valence-corrected chi connectivity index (χ0v) is 24.9. The fraction of sp³-hybridized carbons (Fsp3) is 0.323. The molecule has 2 atom stereocenters. The smallest absolute Gasteiger partial charge is 0.355 e. The summed E-state index contributed by atoms with van der Waals surface area (Å²) in [4.78, 5) is 44.3. The molecule has 1 saturated heterocycles. The van der Waals surface area contributed by atoms with E-state index >= 15 is 4.39 Å². The van der Waals surface area contributed by atoms with E-state index in [2.05, 4.69) is 16.5 Å². The second-order valence-electron chi connectivity index (χ2n) is 11.2. The van der Waals surface area contributed by atoms with Gasteiger partial charge in [0.05, 0.1) is 23.0 Å². The van der Waals surface area contributed by atoms with Crippen LogP contribution in [0.1, 0.15) is 37.9 Å². The second-order valence-corrected chi connectivity index (χ2v) is 11.6. The summed E-state index contributed by atoms with van der Waals surface area (Å²) in [6.45, 7) is 12.1. The number of phenolic OH excluding ortho intramolecular Hbond substituents is 1. The van der Waals surface area contributed by atoms with Crippen molar-refractivity contribution in [1.29, 1.82) is 0 Å². The highest BCUT2D eigenvalue weighted by molar-refractivity contribution is 6.36. The Morgan fingerprint density at radius 2 is 2.02 bits per heavy atom. The highest BCUT2D eigenvalue weighted by Gasteiger charge is 2.40. The number of aromatic hydroxyl groups is 1. The lowest BCUT2D eigenvalue weighted by Crippen LogP contribution is -2.61. The van der Waals surface area contributed by atoms with Gasteiger partial charge in [-0.3, -0.25) is 9.78 Å². The summed E-state index contributed by atoms with van der Waals surface area (Å²) >= 11 is 6.94. The van der Waals surface area contributed by atoms with E-state index in [9.17, 15) is 14.7 Å². The maximum atomic E-state index is 15.3. The van der Waals surface area contributed by atoms with Gasteiger partial charge >= 0.3 is 5.69 Å². The number of aryl methyl sites for hydroxylation is 1. The standard InChI is InChI=1S/C31H30ClFN6O4/c1-6-21(41)37-12-17(5)38-18(13-37)14-43-28-23-29(35-26(24(28)32)22-19(33)8-7-9-20(22)40)39(31(42)36-30(23)38)27-16(4)10-11-34-25(27)15(2)3/h6-11,15,17-18,40H,1,12-14H2,2-5H3/t17-,18+/m0/s1. The fourth-order valence-electron chi connectivity index (χ4n) is 6.09. The molecule has 1 aromatic carbocycles. The van der Waals surface area contributed by atoms with Gasteiger partial charge in [-0.25, -0.2) is 18.7 Å².